The molecule has 0 unspecified atom stereocenters. The fourth-order valence-electron chi connectivity index (χ4n) is 1.53. The second kappa shape index (κ2) is 8.25. The van der Waals surface area contributed by atoms with Crippen molar-refractivity contribution in [1.29, 1.82) is 0 Å². The molecule has 0 bridgehead atoms. The molecule has 0 aliphatic heterocycles. The first-order chi connectivity index (χ1) is 6.62. The third-order valence-corrected chi connectivity index (χ3v) is 2.34. The second-order valence-electron chi connectivity index (χ2n) is 4.55. The molecule has 2 nitrogen and oxygen atoms in total. The van der Waals surface area contributed by atoms with E-state index in [4.69, 9.17) is 4.74 Å². The molecule has 0 aromatic rings. The lowest BCUT2D eigenvalue weighted by Crippen LogP contribution is -2.36. The van der Waals surface area contributed by atoms with Gasteiger partial charge in [-0.2, -0.15) is 0 Å². The van der Waals surface area contributed by atoms with Crippen LogP contribution in [0.1, 0.15) is 52.9 Å². The summed E-state index contributed by atoms with van der Waals surface area (Å²) >= 11 is 0. The average molecular weight is 201 g/mol. The van der Waals surface area contributed by atoms with Crippen molar-refractivity contribution < 1.29 is 4.74 Å². The van der Waals surface area contributed by atoms with E-state index >= 15 is 0 Å². The van der Waals surface area contributed by atoms with Crippen molar-refractivity contribution in [2.75, 3.05) is 20.2 Å². The first-order valence-corrected chi connectivity index (χ1v) is 5.91. The van der Waals surface area contributed by atoms with Crippen LogP contribution in [-0.2, 0) is 4.74 Å². The van der Waals surface area contributed by atoms with Gasteiger partial charge in [-0.15, -0.1) is 0 Å². The molecule has 86 valence electrons. The smallest absolute Gasteiger partial charge is 0.0750 e. The first-order valence-electron chi connectivity index (χ1n) is 5.91. The van der Waals surface area contributed by atoms with Crippen LogP contribution in [0.25, 0.3) is 0 Å². The van der Waals surface area contributed by atoms with E-state index in [1.807, 2.05) is 7.05 Å². The molecule has 0 aliphatic rings. The monoisotopic (exact) mass is 201 g/mol. The summed E-state index contributed by atoms with van der Waals surface area (Å²) in [5.74, 6) is 0. The van der Waals surface area contributed by atoms with Crippen LogP contribution >= 0.6 is 0 Å². The van der Waals surface area contributed by atoms with Crippen molar-refractivity contribution in [3.8, 4) is 0 Å². The normalized spacial score (nSPS) is 12.0. The summed E-state index contributed by atoms with van der Waals surface area (Å²) in [7, 11) is 1.96. The van der Waals surface area contributed by atoms with Crippen LogP contribution in [0.5, 0.6) is 0 Å². The number of unbranched alkanes of at least 4 members (excludes halogenated alkanes) is 4. The van der Waals surface area contributed by atoms with Crippen molar-refractivity contribution in [2.24, 2.45) is 0 Å². The largest absolute Gasteiger partial charge is 0.374 e. The van der Waals surface area contributed by atoms with Crippen LogP contribution in [0.3, 0.4) is 0 Å². The van der Waals surface area contributed by atoms with Gasteiger partial charge in [-0.3, -0.25) is 0 Å². The van der Waals surface area contributed by atoms with Gasteiger partial charge in [0.15, 0.2) is 0 Å². The van der Waals surface area contributed by atoms with E-state index < -0.39 is 0 Å². The lowest BCUT2D eigenvalue weighted by Gasteiger charge is -2.24. The summed E-state index contributed by atoms with van der Waals surface area (Å²) < 4.78 is 5.79. The van der Waals surface area contributed by atoms with Crippen LogP contribution in [0.15, 0.2) is 0 Å². The molecule has 0 rings (SSSR count). The minimum absolute atomic E-state index is 0.0144. The highest BCUT2D eigenvalue weighted by atomic mass is 16.5. The predicted octanol–water partition coefficient (Wildman–Crippen LogP) is 2.97. The maximum absolute atomic E-state index is 5.79. The standard InChI is InChI=1S/C12H27NO/c1-5-6-7-8-9-10-14-12(2,3)11-13-4/h13H,5-11H2,1-4H3. The molecule has 0 heterocycles. The Balaban J connectivity index is 3.26. The number of hydrogen-bond acceptors (Lipinski definition) is 2. The lowest BCUT2D eigenvalue weighted by atomic mass is 10.1. The summed E-state index contributed by atoms with van der Waals surface area (Å²) in [5, 5.41) is 3.14. The molecule has 0 amide bonds. The van der Waals surface area contributed by atoms with E-state index in [1.54, 1.807) is 0 Å². The number of nitrogens with one attached hydrogen (secondary N) is 1. The Morgan fingerprint density at radius 2 is 1.71 bits per heavy atom. The van der Waals surface area contributed by atoms with Gasteiger partial charge < -0.3 is 10.1 Å². The maximum Gasteiger partial charge on any atom is 0.0750 e. The zero-order valence-corrected chi connectivity index (χ0v) is 10.4. The number of rotatable bonds is 9. The molecule has 0 aromatic heterocycles. The van der Waals surface area contributed by atoms with Gasteiger partial charge in [-0.25, -0.2) is 0 Å². The second-order valence-corrected chi connectivity index (χ2v) is 4.55. The van der Waals surface area contributed by atoms with Crippen LogP contribution in [0.4, 0.5) is 0 Å². The van der Waals surface area contributed by atoms with Crippen molar-refractivity contribution in [1.82, 2.24) is 5.32 Å². The Hall–Kier alpha value is -0.0800. The summed E-state index contributed by atoms with van der Waals surface area (Å²) in [6.45, 7) is 8.33. The predicted molar refractivity (Wildman–Crippen MR) is 62.7 cm³/mol. The summed E-state index contributed by atoms with van der Waals surface area (Å²) in [6.07, 6.45) is 6.54. The topological polar surface area (TPSA) is 21.3 Å². The van der Waals surface area contributed by atoms with Gasteiger partial charge in [0.05, 0.1) is 5.60 Å². The quantitative estimate of drug-likeness (QED) is 0.579. The molecule has 0 atom stereocenters. The highest BCUT2D eigenvalue weighted by Gasteiger charge is 2.15. The van der Waals surface area contributed by atoms with Crippen LogP contribution < -0.4 is 5.32 Å². The summed E-state index contributed by atoms with van der Waals surface area (Å²) in [6, 6.07) is 0. The van der Waals surface area contributed by atoms with Gasteiger partial charge >= 0.3 is 0 Å². The van der Waals surface area contributed by atoms with Gasteiger partial charge in [0.2, 0.25) is 0 Å². The third-order valence-electron chi connectivity index (χ3n) is 2.34. The molecule has 2 heteroatoms. The Morgan fingerprint density at radius 1 is 1.07 bits per heavy atom. The maximum atomic E-state index is 5.79. The van der Waals surface area contributed by atoms with Crippen LogP contribution in [0.2, 0.25) is 0 Å². The van der Waals surface area contributed by atoms with Crippen molar-refractivity contribution >= 4 is 0 Å². The zero-order chi connectivity index (χ0) is 10.9. The van der Waals surface area contributed by atoms with Gasteiger partial charge in [0.1, 0.15) is 0 Å². The molecule has 0 aromatic carbocycles. The third kappa shape index (κ3) is 8.52. The molecule has 0 saturated carbocycles. The SMILES string of the molecule is CCCCCCCOC(C)(C)CNC. The zero-order valence-electron chi connectivity index (χ0n) is 10.4. The molecule has 0 saturated heterocycles. The molecule has 0 fully saturated rings. The molecular weight excluding hydrogens is 174 g/mol. The minimum atomic E-state index is -0.0144. The van der Waals surface area contributed by atoms with Crippen molar-refractivity contribution in [3.05, 3.63) is 0 Å². The minimum Gasteiger partial charge on any atom is -0.374 e. The summed E-state index contributed by atoms with van der Waals surface area (Å²) in [5.41, 5.74) is -0.0144. The van der Waals surface area contributed by atoms with Gasteiger partial charge in [-0.1, -0.05) is 32.6 Å². The van der Waals surface area contributed by atoms with Gasteiger partial charge in [0.25, 0.3) is 0 Å². The molecular formula is C12H27NO. The van der Waals surface area contributed by atoms with E-state index in [9.17, 15) is 0 Å². The Bertz CT molecular complexity index is 123. The highest BCUT2D eigenvalue weighted by molar-refractivity contribution is 4.70. The summed E-state index contributed by atoms with van der Waals surface area (Å²) in [4.78, 5) is 0. The lowest BCUT2D eigenvalue weighted by molar-refractivity contribution is -0.0168. The van der Waals surface area contributed by atoms with Crippen LogP contribution in [0, 0.1) is 0 Å². The average Bonchev–Trinajstić information content (AvgIpc) is 2.11. The van der Waals surface area contributed by atoms with Crippen molar-refractivity contribution in [3.63, 3.8) is 0 Å². The molecule has 0 spiro atoms. The van der Waals surface area contributed by atoms with E-state index in [0.29, 0.717) is 0 Å². The fourth-order valence-corrected chi connectivity index (χ4v) is 1.53. The Labute approximate surface area is 89.4 Å². The van der Waals surface area contributed by atoms with E-state index in [-0.39, 0.29) is 5.60 Å². The molecule has 1 N–H and O–H groups in total. The van der Waals surface area contributed by atoms with E-state index in [2.05, 4.69) is 26.1 Å². The molecule has 14 heavy (non-hydrogen) atoms. The highest BCUT2D eigenvalue weighted by Crippen LogP contribution is 2.09. The number of ether oxygens (including phenoxy) is 1. The van der Waals surface area contributed by atoms with Gasteiger partial charge in [-0.05, 0) is 27.3 Å². The van der Waals surface area contributed by atoms with Gasteiger partial charge in [0, 0.05) is 13.2 Å². The van der Waals surface area contributed by atoms with E-state index in [1.165, 1.54) is 32.1 Å². The first kappa shape index (κ1) is 13.9. The van der Waals surface area contributed by atoms with Crippen molar-refractivity contribution in [2.45, 2.75) is 58.5 Å². The van der Waals surface area contributed by atoms with E-state index in [0.717, 1.165) is 13.2 Å². The number of hydrogen-bond donors (Lipinski definition) is 1. The fraction of sp³-hybridized carbons (Fsp3) is 1.00. The molecule has 0 radical (unpaired) electrons. The molecule has 0 aliphatic carbocycles. The number of likely N-dealkylation sites (N-methyl/N-ethyl adjacent to an activating group) is 1. The Kier molecular flexibility index (Phi) is 8.20. The Morgan fingerprint density at radius 3 is 2.29 bits per heavy atom. The van der Waals surface area contributed by atoms with Crippen LogP contribution in [-0.4, -0.2) is 25.8 Å².